The van der Waals surface area contributed by atoms with Gasteiger partial charge in [0.2, 0.25) is 5.24 Å². The molecule has 0 fully saturated rings. The average molecular weight is 343 g/mol. The molecule has 0 radical (unpaired) electrons. The van der Waals surface area contributed by atoms with Crippen molar-refractivity contribution in [2.45, 2.75) is 116 Å². The minimum Gasteiger partial charge on any atom is -0.281 e. The Morgan fingerprint density at radius 3 is 1.48 bits per heavy atom. The molecule has 0 spiro atoms. The molecule has 0 bridgehead atoms. The van der Waals surface area contributed by atoms with E-state index in [0.717, 1.165) is 12.8 Å². The lowest BCUT2D eigenvalue weighted by atomic mass is 10.1. The lowest BCUT2D eigenvalue weighted by molar-refractivity contribution is -0.111. The van der Waals surface area contributed by atoms with Gasteiger partial charge in [-0.15, -0.1) is 0 Å². The first kappa shape index (κ1) is 22.7. The topological polar surface area (TPSA) is 17.1 Å². The third kappa shape index (κ3) is 21.7. The molecule has 0 heterocycles. The van der Waals surface area contributed by atoms with Crippen molar-refractivity contribution in [1.82, 2.24) is 0 Å². The molecule has 0 unspecified atom stereocenters. The Hall–Kier alpha value is -0.300. The minimum atomic E-state index is -0.185. The van der Waals surface area contributed by atoms with Gasteiger partial charge in [-0.05, 0) is 43.7 Å². The van der Waals surface area contributed by atoms with Gasteiger partial charge in [0.05, 0.1) is 0 Å². The van der Waals surface area contributed by atoms with E-state index < -0.39 is 0 Å². The van der Waals surface area contributed by atoms with Crippen molar-refractivity contribution in [3.8, 4) is 0 Å². The molecule has 0 aliphatic rings. The van der Waals surface area contributed by atoms with Gasteiger partial charge in [-0.2, -0.15) is 0 Å². The molecule has 0 aromatic carbocycles. The molecule has 136 valence electrons. The highest BCUT2D eigenvalue weighted by Crippen LogP contribution is 2.12. The molecule has 0 aliphatic heterocycles. The summed E-state index contributed by atoms with van der Waals surface area (Å²) in [6.07, 6.45) is 26.3. The van der Waals surface area contributed by atoms with Crippen LogP contribution in [-0.4, -0.2) is 5.24 Å². The zero-order valence-electron chi connectivity index (χ0n) is 15.5. The van der Waals surface area contributed by atoms with Crippen LogP contribution >= 0.6 is 11.6 Å². The molecular formula is C21H39ClO. The van der Waals surface area contributed by atoms with Crippen molar-refractivity contribution >= 4 is 16.8 Å². The number of rotatable bonds is 18. The van der Waals surface area contributed by atoms with Crippen LogP contribution in [0.25, 0.3) is 0 Å². The molecule has 0 saturated heterocycles. The molecule has 0 amide bonds. The fourth-order valence-electron chi connectivity index (χ4n) is 2.87. The van der Waals surface area contributed by atoms with E-state index in [2.05, 4.69) is 19.1 Å². The van der Waals surface area contributed by atoms with E-state index in [1.165, 1.54) is 89.9 Å². The van der Waals surface area contributed by atoms with E-state index in [9.17, 15) is 4.79 Å². The zero-order valence-corrected chi connectivity index (χ0v) is 16.2. The highest BCUT2D eigenvalue weighted by Gasteiger charge is 1.96. The molecule has 0 N–H and O–H groups in total. The number of carbonyl (C=O) groups excluding carboxylic acids is 1. The molecular weight excluding hydrogens is 304 g/mol. The highest BCUT2D eigenvalue weighted by atomic mass is 35.5. The zero-order chi connectivity index (χ0) is 17.0. The second kappa shape index (κ2) is 19.7. The second-order valence-corrected chi connectivity index (χ2v) is 7.17. The van der Waals surface area contributed by atoms with Crippen LogP contribution in [0, 0.1) is 0 Å². The smallest absolute Gasteiger partial charge is 0.221 e. The molecule has 0 aromatic heterocycles. The largest absolute Gasteiger partial charge is 0.281 e. The van der Waals surface area contributed by atoms with Gasteiger partial charge < -0.3 is 0 Å². The monoisotopic (exact) mass is 342 g/mol. The van der Waals surface area contributed by atoms with Gasteiger partial charge in [0.25, 0.3) is 0 Å². The summed E-state index contributed by atoms with van der Waals surface area (Å²) in [5, 5.41) is -0.185. The fraction of sp³-hybridized carbons (Fsp3) is 0.857. The fourth-order valence-corrected chi connectivity index (χ4v) is 3.00. The molecule has 0 aliphatic carbocycles. The summed E-state index contributed by atoms with van der Waals surface area (Å²) in [6.45, 7) is 2.27. The van der Waals surface area contributed by atoms with Crippen LogP contribution in [0.2, 0.25) is 0 Å². The standard InChI is InChI=1S/C21H39ClO/c1-2-3-4-5-6-7-8-9-10-11-12-13-14-15-16-17-18-19-20-21(22)23/h8-9H,2-7,10-20H2,1H3/b9-8+. The third-order valence-corrected chi connectivity index (χ3v) is 4.57. The average Bonchev–Trinajstić information content (AvgIpc) is 2.53. The Kier molecular flexibility index (Phi) is 19.5. The highest BCUT2D eigenvalue weighted by molar-refractivity contribution is 6.63. The van der Waals surface area contributed by atoms with E-state index in [4.69, 9.17) is 11.6 Å². The molecule has 2 heteroatoms. The van der Waals surface area contributed by atoms with E-state index in [1.54, 1.807) is 0 Å². The van der Waals surface area contributed by atoms with Crippen molar-refractivity contribution in [1.29, 1.82) is 0 Å². The Balaban J connectivity index is 3.06. The maximum absolute atomic E-state index is 10.6. The molecule has 0 saturated carbocycles. The molecule has 1 nitrogen and oxygen atoms in total. The number of unbranched alkanes of at least 4 members (excludes halogenated alkanes) is 14. The van der Waals surface area contributed by atoms with Crippen molar-refractivity contribution in [2.24, 2.45) is 0 Å². The normalized spacial score (nSPS) is 11.4. The van der Waals surface area contributed by atoms with Crippen molar-refractivity contribution in [3.05, 3.63) is 12.2 Å². The van der Waals surface area contributed by atoms with Gasteiger partial charge in [0.15, 0.2) is 0 Å². The first-order valence-electron chi connectivity index (χ1n) is 10.1. The number of hydrogen-bond donors (Lipinski definition) is 0. The summed E-state index contributed by atoms with van der Waals surface area (Å²) in [6, 6.07) is 0. The molecule has 0 rings (SSSR count). The summed E-state index contributed by atoms with van der Waals surface area (Å²) >= 11 is 5.31. The van der Waals surface area contributed by atoms with Gasteiger partial charge >= 0.3 is 0 Å². The van der Waals surface area contributed by atoms with E-state index in [1.807, 2.05) is 0 Å². The van der Waals surface area contributed by atoms with Crippen LogP contribution < -0.4 is 0 Å². The van der Waals surface area contributed by atoms with Crippen molar-refractivity contribution in [2.75, 3.05) is 0 Å². The van der Waals surface area contributed by atoms with Crippen molar-refractivity contribution < 1.29 is 4.79 Å². The van der Waals surface area contributed by atoms with E-state index >= 15 is 0 Å². The van der Waals surface area contributed by atoms with Crippen LogP contribution in [0.4, 0.5) is 0 Å². The minimum absolute atomic E-state index is 0.185. The first-order chi connectivity index (χ1) is 11.3. The Labute approximate surface area is 150 Å². The van der Waals surface area contributed by atoms with Crippen LogP contribution in [0.5, 0.6) is 0 Å². The summed E-state index contributed by atoms with van der Waals surface area (Å²) in [4.78, 5) is 10.6. The van der Waals surface area contributed by atoms with Crippen LogP contribution in [0.1, 0.15) is 116 Å². The lowest BCUT2D eigenvalue weighted by Gasteiger charge is -2.01. The predicted octanol–water partition coefficient (Wildman–Crippen LogP) is 7.96. The molecule has 0 atom stereocenters. The van der Waals surface area contributed by atoms with Crippen LogP contribution in [0.15, 0.2) is 12.2 Å². The first-order valence-corrected chi connectivity index (χ1v) is 10.5. The molecule has 0 aromatic rings. The van der Waals surface area contributed by atoms with Crippen LogP contribution in [-0.2, 0) is 4.79 Å². The van der Waals surface area contributed by atoms with Gasteiger partial charge in [-0.3, -0.25) is 4.79 Å². The van der Waals surface area contributed by atoms with E-state index in [0.29, 0.717) is 6.42 Å². The second-order valence-electron chi connectivity index (χ2n) is 6.75. The summed E-state index contributed by atoms with van der Waals surface area (Å²) in [5.41, 5.74) is 0. The summed E-state index contributed by atoms with van der Waals surface area (Å²) < 4.78 is 0. The lowest BCUT2D eigenvalue weighted by Crippen LogP contribution is -1.86. The number of allylic oxidation sites excluding steroid dienone is 2. The van der Waals surface area contributed by atoms with E-state index in [-0.39, 0.29) is 5.24 Å². The Morgan fingerprint density at radius 1 is 0.652 bits per heavy atom. The Bertz CT molecular complexity index is 273. The third-order valence-electron chi connectivity index (χ3n) is 4.39. The maximum atomic E-state index is 10.6. The van der Waals surface area contributed by atoms with Gasteiger partial charge in [0.1, 0.15) is 0 Å². The van der Waals surface area contributed by atoms with Gasteiger partial charge in [-0.1, -0.05) is 89.7 Å². The maximum Gasteiger partial charge on any atom is 0.221 e. The summed E-state index contributed by atoms with van der Waals surface area (Å²) in [7, 11) is 0. The number of hydrogen-bond acceptors (Lipinski definition) is 1. The number of carbonyl (C=O) groups is 1. The predicted molar refractivity (Wildman–Crippen MR) is 104 cm³/mol. The van der Waals surface area contributed by atoms with Gasteiger partial charge in [-0.25, -0.2) is 0 Å². The van der Waals surface area contributed by atoms with Gasteiger partial charge in [0, 0.05) is 6.42 Å². The Morgan fingerprint density at radius 2 is 1.04 bits per heavy atom. The quantitative estimate of drug-likeness (QED) is 0.140. The van der Waals surface area contributed by atoms with Crippen molar-refractivity contribution in [3.63, 3.8) is 0 Å². The van der Waals surface area contributed by atoms with Crippen LogP contribution in [0.3, 0.4) is 0 Å². The molecule has 23 heavy (non-hydrogen) atoms. The number of halogens is 1. The summed E-state index contributed by atoms with van der Waals surface area (Å²) in [5.74, 6) is 0. The SMILES string of the molecule is CCCCCCC/C=C/CCCCCCCCCCCC(=O)Cl.